The minimum absolute atomic E-state index is 0.000244. The van der Waals surface area contributed by atoms with E-state index in [2.05, 4.69) is 5.32 Å². The minimum Gasteiger partial charge on any atom is -0.497 e. The molecule has 0 aromatic heterocycles. The number of Topliss-reactive ketones (excluding diaryl/α,β-unsaturated/α-hetero) is 1. The number of hydrogen-bond acceptors (Lipinski definition) is 5. The van der Waals surface area contributed by atoms with Crippen molar-refractivity contribution in [1.82, 2.24) is 0 Å². The predicted octanol–water partition coefficient (Wildman–Crippen LogP) is 5.89. The Labute approximate surface area is 192 Å². The van der Waals surface area contributed by atoms with Gasteiger partial charge in [0.15, 0.2) is 5.78 Å². The van der Waals surface area contributed by atoms with Crippen LogP contribution in [0.1, 0.15) is 63.2 Å². The van der Waals surface area contributed by atoms with Crippen molar-refractivity contribution < 1.29 is 19.0 Å². The summed E-state index contributed by atoms with van der Waals surface area (Å²) in [6, 6.07) is 16.4. The van der Waals surface area contributed by atoms with Gasteiger partial charge in [-0.15, -0.1) is 0 Å². The highest BCUT2D eigenvalue weighted by molar-refractivity contribution is 6.02. The largest absolute Gasteiger partial charge is 0.497 e. The molecule has 1 saturated carbocycles. The van der Waals surface area contributed by atoms with Gasteiger partial charge in [0.05, 0.1) is 25.4 Å². The number of carbonyl (C=O) groups is 1. The van der Waals surface area contributed by atoms with Crippen molar-refractivity contribution in [2.75, 3.05) is 19.0 Å². The first-order valence-corrected chi connectivity index (χ1v) is 11.6. The van der Waals surface area contributed by atoms with Crippen LogP contribution in [0.15, 0.2) is 54.6 Å². The predicted molar refractivity (Wildman–Crippen MR) is 129 cm³/mol. The quantitative estimate of drug-likeness (QED) is 0.468. The standard InChI is InChI=1S/C27H37NO4/c1-27(2,3)31-19-24(32-23-13-9-6-10-14-23)25(26(29)20-11-7-5-8-12-20)28-21-15-17-22(30-4)18-16-21/h5,7-8,11-12,15-18,23-25,28H,6,9-10,13-14,19H2,1-4H3. The van der Waals surface area contributed by atoms with Crippen molar-refractivity contribution in [3.8, 4) is 5.75 Å². The van der Waals surface area contributed by atoms with E-state index in [0.29, 0.717) is 12.2 Å². The lowest BCUT2D eigenvalue weighted by Crippen LogP contribution is -2.47. The number of rotatable bonds is 10. The maximum Gasteiger partial charge on any atom is 0.187 e. The van der Waals surface area contributed by atoms with Crippen LogP contribution < -0.4 is 10.1 Å². The first-order valence-electron chi connectivity index (χ1n) is 11.6. The number of hydrogen-bond donors (Lipinski definition) is 1. The molecule has 1 aliphatic rings. The lowest BCUT2D eigenvalue weighted by molar-refractivity contribution is -0.104. The lowest BCUT2D eigenvalue weighted by Gasteiger charge is -2.34. The topological polar surface area (TPSA) is 56.8 Å². The van der Waals surface area contributed by atoms with E-state index in [-0.39, 0.29) is 17.5 Å². The Balaban J connectivity index is 1.89. The van der Waals surface area contributed by atoms with Crippen LogP contribution in [-0.2, 0) is 9.47 Å². The second-order valence-corrected chi connectivity index (χ2v) is 9.44. The molecule has 0 amide bonds. The third kappa shape index (κ3) is 7.35. The summed E-state index contributed by atoms with van der Waals surface area (Å²) >= 11 is 0. The van der Waals surface area contributed by atoms with Crippen LogP contribution in [0.25, 0.3) is 0 Å². The molecule has 1 N–H and O–H groups in total. The van der Waals surface area contributed by atoms with E-state index < -0.39 is 12.1 Å². The van der Waals surface area contributed by atoms with Crippen molar-refractivity contribution >= 4 is 11.5 Å². The molecule has 0 aliphatic heterocycles. The van der Waals surface area contributed by atoms with E-state index in [1.54, 1.807) is 7.11 Å². The summed E-state index contributed by atoms with van der Waals surface area (Å²) in [5.41, 5.74) is 1.17. The molecule has 0 saturated heterocycles. The highest BCUT2D eigenvalue weighted by atomic mass is 16.5. The Morgan fingerprint density at radius 2 is 1.66 bits per heavy atom. The average molecular weight is 440 g/mol. The molecule has 0 bridgehead atoms. The molecule has 2 aromatic rings. The smallest absolute Gasteiger partial charge is 0.187 e. The lowest BCUT2D eigenvalue weighted by atomic mass is 9.95. The number of methoxy groups -OCH3 is 1. The van der Waals surface area contributed by atoms with E-state index in [1.165, 1.54) is 19.3 Å². The number of anilines is 1. The van der Waals surface area contributed by atoms with Crippen molar-refractivity contribution in [3.63, 3.8) is 0 Å². The normalized spacial score (nSPS) is 16.9. The molecule has 3 rings (SSSR count). The molecule has 1 aliphatic carbocycles. The number of nitrogens with one attached hydrogen (secondary N) is 1. The summed E-state index contributed by atoms with van der Waals surface area (Å²) in [6.07, 6.45) is 5.39. The summed E-state index contributed by atoms with van der Waals surface area (Å²) in [5.74, 6) is 0.771. The second-order valence-electron chi connectivity index (χ2n) is 9.44. The summed E-state index contributed by atoms with van der Waals surface area (Å²) in [7, 11) is 1.64. The van der Waals surface area contributed by atoms with Gasteiger partial charge in [0.1, 0.15) is 17.9 Å². The van der Waals surface area contributed by atoms with E-state index in [1.807, 2.05) is 75.4 Å². The van der Waals surface area contributed by atoms with Crippen LogP contribution in [0.3, 0.4) is 0 Å². The molecular formula is C27H37NO4. The SMILES string of the molecule is COc1ccc(NC(C(=O)c2ccccc2)C(COC(C)(C)C)OC2CCCCC2)cc1. The second kappa shape index (κ2) is 11.5. The Morgan fingerprint density at radius 3 is 2.25 bits per heavy atom. The number of ketones is 1. The number of carbonyl (C=O) groups excluding carboxylic acids is 1. The fourth-order valence-electron chi connectivity index (χ4n) is 3.97. The molecular weight excluding hydrogens is 402 g/mol. The van der Waals surface area contributed by atoms with Gasteiger partial charge in [-0.2, -0.15) is 0 Å². The van der Waals surface area contributed by atoms with Gasteiger partial charge in [0.2, 0.25) is 0 Å². The first kappa shape index (κ1) is 24.3. The van der Waals surface area contributed by atoms with Crippen molar-refractivity contribution in [1.29, 1.82) is 0 Å². The van der Waals surface area contributed by atoms with Gasteiger partial charge in [-0.3, -0.25) is 4.79 Å². The molecule has 0 radical (unpaired) electrons. The van der Waals surface area contributed by atoms with Crippen LogP contribution in [0.4, 0.5) is 5.69 Å². The van der Waals surface area contributed by atoms with E-state index in [4.69, 9.17) is 14.2 Å². The summed E-state index contributed by atoms with van der Waals surface area (Å²) in [4.78, 5) is 13.7. The summed E-state index contributed by atoms with van der Waals surface area (Å²) in [6.45, 7) is 6.41. The van der Waals surface area contributed by atoms with Gasteiger partial charge < -0.3 is 19.5 Å². The highest BCUT2D eigenvalue weighted by Gasteiger charge is 2.33. The van der Waals surface area contributed by atoms with Crippen LogP contribution in [0.5, 0.6) is 5.75 Å². The molecule has 2 unspecified atom stereocenters. The highest BCUT2D eigenvalue weighted by Crippen LogP contribution is 2.26. The third-order valence-corrected chi connectivity index (χ3v) is 5.72. The Hall–Kier alpha value is -2.37. The van der Waals surface area contributed by atoms with Gasteiger partial charge in [0.25, 0.3) is 0 Å². The summed E-state index contributed by atoms with van der Waals surface area (Å²) < 4.78 is 18.0. The zero-order valence-electron chi connectivity index (χ0n) is 19.8. The van der Waals surface area contributed by atoms with Gasteiger partial charge in [-0.25, -0.2) is 0 Å². The Kier molecular flexibility index (Phi) is 8.71. The number of benzene rings is 2. The molecule has 5 nitrogen and oxygen atoms in total. The molecule has 174 valence electrons. The molecule has 2 aromatic carbocycles. The van der Waals surface area contributed by atoms with Gasteiger partial charge in [-0.1, -0.05) is 49.6 Å². The number of ether oxygens (including phenoxy) is 3. The first-order chi connectivity index (χ1) is 15.4. The van der Waals surface area contributed by atoms with Crippen molar-refractivity contribution in [2.24, 2.45) is 0 Å². The fraction of sp³-hybridized carbons (Fsp3) is 0.519. The van der Waals surface area contributed by atoms with Crippen LogP contribution in [0.2, 0.25) is 0 Å². The fourth-order valence-corrected chi connectivity index (χ4v) is 3.97. The molecule has 1 fully saturated rings. The molecule has 2 atom stereocenters. The monoisotopic (exact) mass is 439 g/mol. The zero-order valence-corrected chi connectivity index (χ0v) is 19.8. The maximum atomic E-state index is 13.7. The van der Waals surface area contributed by atoms with Crippen LogP contribution >= 0.6 is 0 Å². The maximum absolute atomic E-state index is 13.7. The minimum atomic E-state index is -0.574. The van der Waals surface area contributed by atoms with E-state index in [0.717, 1.165) is 24.3 Å². The molecule has 5 heteroatoms. The Morgan fingerprint density at radius 1 is 1.00 bits per heavy atom. The zero-order chi connectivity index (χ0) is 23.0. The Bertz CT molecular complexity index is 823. The van der Waals surface area contributed by atoms with Gasteiger partial charge in [-0.05, 0) is 57.9 Å². The molecule has 32 heavy (non-hydrogen) atoms. The van der Waals surface area contributed by atoms with Crippen molar-refractivity contribution in [2.45, 2.75) is 76.7 Å². The van der Waals surface area contributed by atoms with E-state index in [9.17, 15) is 4.79 Å². The van der Waals surface area contributed by atoms with Crippen LogP contribution in [0, 0.1) is 0 Å². The molecule has 0 heterocycles. The molecule has 0 spiro atoms. The van der Waals surface area contributed by atoms with Crippen LogP contribution in [-0.4, -0.2) is 43.4 Å². The van der Waals surface area contributed by atoms with Crippen molar-refractivity contribution in [3.05, 3.63) is 60.2 Å². The van der Waals surface area contributed by atoms with E-state index >= 15 is 0 Å². The summed E-state index contributed by atoms with van der Waals surface area (Å²) in [5, 5.41) is 3.44. The average Bonchev–Trinajstić information content (AvgIpc) is 2.81. The van der Waals surface area contributed by atoms with Gasteiger partial charge in [0, 0.05) is 11.3 Å². The van der Waals surface area contributed by atoms with Gasteiger partial charge >= 0.3 is 0 Å². The third-order valence-electron chi connectivity index (χ3n) is 5.72.